The van der Waals surface area contributed by atoms with Crippen LogP contribution in [-0.2, 0) is 0 Å². The van der Waals surface area contributed by atoms with E-state index in [0.717, 1.165) is 30.6 Å². The molecule has 0 spiro atoms. The molecule has 0 bridgehead atoms. The van der Waals surface area contributed by atoms with Crippen molar-refractivity contribution in [1.82, 2.24) is 0 Å². The van der Waals surface area contributed by atoms with Gasteiger partial charge in [-0.15, -0.1) is 0 Å². The van der Waals surface area contributed by atoms with Crippen LogP contribution in [0.5, 0.6) is 0 Å². The summed E-state index contributed by atoms with van der Waals surface area (Å²) < 4.78 is 0. The van der Waals surface area contributed by atoms with E-state index < -0.39 is 0 Å². The first kappa shape index (κ1) is 10.5. The molecular formula is C13H24O. The van der Waals surface area contributed by atoms with E-state index >= 15 is 0 Å². The summed E-state index contributed by atoms with van der Waals surface area (Å²) in [5.41, 5.74) is 0. The molecule has 0 aliphatic heterocycles. The molecule has 1 nitrogen and oxygen atoms in total. The average Bonchev–Trinajstić information content (AvgIpc) is 2.19. The van der Waals surface area contributed by atoms with Gasteiger partial charge in [-0.25, -0.2) is 0 Å². The standard InChI is InChI=1S/C13H24O/c1-2-3-10-4-5-12-9-13(14)7-6-11(12)8-10/h10-14H,2-9H2,1H3. The van der Waals surface area contributed by atoms with Crippen LogP contribution >= 0.6 is 0 Å². The lowest BCUT2D eigenvalue weighted by Crippen LogP contribution is -2.32. The number of aliphatic hydroxyl groups excluding tert-OH is 1. The predicted octanol–water partition coefficient (Wildman–Crippen LogP) is 3.36. The summed E-state index contributed by atoms with van der Waals surface area (Å²) in [6.45, 7) is 2.30. The van der Waals surface area contributed by atoms with Crippen LogP contribution in [-0.4, -0.2) is 11.2 Å². The Balaban J connectivity index is 1.85. The minimum absolute atomic E-state index is 0.0268. The van der Waals surface area contributed by atoms with Crippen LogP contribution in [0.25, 0.3) is 0 Å². The SMILES string of the molecule is CCCC1CCC2CC(O)CCC2C1. The first-order chi connectivity index (χ1) is 6.79. The van der Waals surface area contributed by atoms with Crippen LogP contribution in [0.1, 0.15) is 58.3 Å². The van der Waals surface area contributed by atoms with Gasteiger partial charge in [0, 0.05) is 0 Å². The highest BCUT2D eigenvalue weighted by Gasteiger charge is 2.34. The van der Waals surface area contributed by atoms with Crippen molar-refractivity contribution in [3.8, 4) is 0 Å². The van der Waals surface area contributed by atoms with Crippen molar-refractivity contribution < 1.29 is 5.11 Å². The average molecular weight is 196 g/mol. The third-order valence-corrected chi connectivity index (χ3v) is 4.39. The quantitative estimate of drug-likeness (QED) is 0.718. The largest absolute Gasteiger partial charge is 0.393 e. The summed E-state index contributed by atoms with van der Waals surface area (Å²) in [6.07, 6.45) is 10.6. The van der Waals surface area contributed by atoms with Gasteiger partial charge in [-0.2, -0.15) is 0 Å². The van der Waals surface area contributed by atoms with Crippen LogP contribution in [0, 0.1) is 17.8 Å². The Kier molecular flexibility index (Phi) is 3.48. The molecule has 0 aromatic carbocycles. The van der Waals surface area contributed by atoms with E-state index in [2.05, 4.69) is 6.92 Å². The van der Waals surface area contributed by atoms with Crippen LogP contribution in [0.4, 0.5) is 0 Å². The van der Waals surface area contributed by atoms with Crippen molar-refractivity contribution in [3.63, 3.8) is 0 Å². The van der Waals surface area contributed by atoms with E-state index in [-0.39, 0.29) is 6.10 Å². The first-order valence-electron chi connectivity index (χ1n) is 6.47. The fourth-order valence-electron chi connectivity index (χ4n) is 3.63. The maximum Gasteiger partial charge on any atom is 0.0543 e. The zero-order valence-corrected chi connectivity index (χ0v) is 9.41. The Labute approximate surface area is 87.9 Å². The molecule has 4 atom stereocenters. The first-order valence-corrected chi connectivity index (χ1v) is 6.47. The fourth-order valence-corrected chi connectivity index (χ4v) is 3.63. The second-order valence-corrected chi connectivity index (χ2v) is 5.45. The molecule has 2 rings (SSSR count). The van der Waals surface area contributed by atoms with Crippen LogP contribution in [0.3, 0.4) is 0 Å². The van der Waals surface area contributed by atoms with Crippen molar-refractivity contribution in [1.29, 1.82) is 0 Å². The van der Waals surface area contributed by atoms with Crippen LogP contribution in [0.2, 0.25) is 0 Å². The van der Waals surface area contributed by atoms with Gasteiger partial charge in [0.1, 0.15) is 0 Å². The van der Waals surface area contributed by atoms with E-state index in [1.54, 1.807) is 0 Å². The Bertz CT molecular complexity index is 178. The summed E-state index contributed by atoms with van der Waals surface area (Å²) in [4.78, 5) is 0. The molecule has 2 aliphatic rings. The van der Waals surface area contributed by atoms with Crippen molar-refractivity contribution >= 4 is 0 Å². The molecule has 0 heterocycles. The van der Waals surface area contributed by atoms with Gasteiger partial charge < -0.3 is 5.11 Å². The van der Waals surface area contributed by atoms with Gasteiger partial charge in [0.2, 0.25) is 0 Å². The molecule has 0 radical (unpaired) electrons. The second-order valence-electron chi connectivity index (χ2n) is 5.45. The zero-order chi connectivity index (χ0) is 9.97. The van der Waals surface area contributed by atoms with Crippen molar-refractivity contribution in [2.45, 2.75) is 64.4 Å². The summed E-state index contributed by atoms with van der Waals surface area (Å²) in [6, 6.07) is 0. The highest BCUT2D eigenvalue weighted by atomic mass is 16.3. The van der Waals surface area contributed by atoms with Gasteiger partial charge in [-0.3, -0.25) is 0 Å². The summed E-state index contributed by atoms with van der Waals surface area (Å²) >= 11 is 0. The maximum absolute atomic E-state index is 9.62. The number of rotatable bonds is 2. The van der Waals surface area contributed by atoms with Gasteiger partial charge in [0.15, 0.2) is 0 Å². The third kappa shape index (κ3) is 2.31. The van der Waals surface area contributed by atoms with Gasteiger partial charge in [-0.1, -0.05) is 26.2 Å². The Morgan fingerprint density at radius 3 is 2.50 bits per heavy atom. The number of hydrogen-bond donors (Lipinski definition) is 1. The normalized spacial score (nSPS) is 43.3. The Morgan fingerprint density at radius 2 is 1.71 bits per heavy atom. The van der Waals surface area contributed by atoms with E-state index in [9.17, 15) is 5.11 Å². The van der Waals surface area contributed by atoms with Crippen LogP contribution < -0.4 is 0 Å². The number of hydrogen-bond acceptors (Lipinski definition) is 1. The van der Waals surface area contributed by atoms with Crippen molar-refractivity contribution in [2.24, 2.45) is 17.8 Å². The number of fused-ring (bicyclic) bond motifs is 1. The summed E-state index contributed by atoms with van der Waals surface area (Å²) in [7, 11) is 0. The predicted molar refractivity (Wildman–Crippen MR) is 59.1 cm³/mol. The molecule has 82 valence electrons. The highest BCUT2D eigenvalue weighted by molar-refractivity contribution is 4.85. The van der Waals surface area contributed by atoms with Crippen LogP contribution in [0.15, 0.2) is 0 Å². The zero-order valence-electron chi connectivity index (χ0n) is 9.41. The molecule has 1 heteroatoms. The molecule has 1 N–H and O–H groups in total. The van der Waals surface area contributed by atoms with E-state index in [0.29, 0.717) is 0 Å². The fraction of sp³-hybridized carbons (Fsp3) is 1.00. The van der Waals surface area contributed by atoms with Gasteiger partial charge >= 0.3 is 0 Å². The third-order valence-electron chi connectivity index (χ3n) is 4.39. The smallest absolute Gasteiger partial charge is 0.0543 e. The second kappa shape index (κ2) is 4.65. The Morgan fingerprint density at radius 1 is 1.00 bits per heavy atom. The molecule has 2 saturated carbocycles. The lowest BCUT2D eigenvalue weighted by molar-refractivity contribution is 0.0340. The molecule has 14 heavy (non-hydrogen) atoms. The minimum Gasteiger partial charge on any atom is -0.393 e. The monoisotopic (exact) mass is 196 g/mol. The van der Waals surface area contributed by atoms with E-state index in [1.165, 1.54) is 38.5 Å². The summed E-state index contributed by atoms with van der Waals surface area (Å²) in [5, 5.41) is 9.62. The summed E-state index contributed by atoms with van der Waals surface area (Å²) in [5.74, 6) is 2.84. The number of aliphatic hydroxyl groups is 1. The lowest BCUT2D eigenvalue weighted by Gasteiger charge is -2.41. The van der Waals surface area contributed by atoms with Gasteiger partial charge in [-0.05, 0) is 49.9 Å². The molecule has 0 saturated heterocycles. The van der Waals surface area contributed by atoms with Gasteiger partial charge in [0.25, 0.3) is 0 Å². The molecule has 0 aromatic heterocycles. The van der Waals surface area contributed by atoms with E-state index in [1.807, 2.05) is 0 Å². The van der Waals surface area contributed by atoms with E-state index in [4.69, 9.17) is 0 Å². The molecule has 0 amide bonds. The molecule has 0 aromatic rings. The lowest BCUT2D eigenvalue weighted by atomic mass is 9.66. The highest BCUT2D eigenvalue weighted by Crippen LogP contribution is 2.43. The molecular weight excluding hydrogens is 172 g/mol. The molecule has 4 unspecified atom stereocenters. The molecule has 2 fully saturated rings. The minimum atomic E-state index is 0.0268. The maximum atomic E-state index is 9.62. The van der Waals surface area contributed by atoms with Gasteiger partial charge in [0.05, 0.1) is 6.10 Å². The van der Waals surface area contributed by atoms with Crippen molar-refractivity contribution in [3.05, 3.63) is 0 Å². The topological polar surface area (TPSA) is 20.2 Å². The Hall–Kier alpha value is -0.0400. The molecule has 2 aliphatic carbocycles. The van der Waals surface area contributed by atoms with Crippen molar-refractivity contribution in [2.75, 3.05) is 0 Å².